The molecule has 1 aromatic carbocycles. The maximum Gasteiger partial charge on any atom is 0.262 e. The molecular formula is C13H14FN3O3S. The van der Waals surface area contributed by atoms with E-state index in [0.29, 0.717) is 11.4 Å². The Morgan fingerprint density at radius 2 is 2.10 bits per heavy atom. The predicted molar refractivity (Wildman–Crippen MR) is 77.1 cm³/mol. The highest BCUT2D eigenvalue weighted by molar-refractivity contribution is 7.92. The van der Waals surface area contributed by atoms with Crippen LogP contribution in [0.3, 0.4) is 0 Å². The molecule has 0 bridgehead atoms. The summed E-state index contributed by atoms with van der Waals surface area (Å²) in [7, 11) is -2.72. The fourth-order valence-corrected chi connectivity index (χ4v) is 2.92. The van der Waals surface area contributed by atoms with Gasteiger partial charge >= 0.3 is 0 Å². The molecule has 21 heavy (non-hydrogen) atoms. The van der Waals surface area contributed by atoms with Gasteiger partial charge in [0.25, 0.3) is 10.0 Å². The molecule has 1 heterocycles. The molecule has 0 aliphatic carbocycles. The molecule has 0 atom stereocenters. The second kappa shape index (κ2) is 5.57. The van der Waals surface area contributed by atoms with Gasteiger partial charge in [-0.05, 0) is 31.2 Å². The molecule has 2 rings (SSSR count). The minimum absolute atomic E-state index is 0.0965. The van der Waals surface area contributed by atoms with Crippen LogP contribution >= 0.6 is 0 Å². The molecule has 1 aromatic heterocycles. The number of nitrogens with one attached hydrogen (secondary N) is 1. The van der Waals surface area contributed by atoms with Crippen molar-refractivity contribution in [3.05, 3.63) is 42.0 Å². The maximum atomic E-state index is 13.8. The number of sulfonamides is 1. The number of ether oxygens (including phenoxy) is 1. The smallest absolute Gasteiger partial charge is 0.262 e. The number of nitrogen functional groups attached to an aromatic ring is 1. The number of halogens is 1. The first-order valence-electron chi connectivity index (χ1n) is 5.92. The Labute approximate surface area is 121 Å². The Kier molecular flexibility index (Phi) is 3.99. The van der Waals surface area contributed by atoms with Gasteiger partial charge in [0.05, 0.1) is 29.1 Å². The zero-order chi connectivity index (χ0) is 15.6. The van der Waals surface area contributed by atoms with Crippen molar-refractivity contribution in [3.8, 4) is 5.75 Å². The lowest BCUT2D eigenvalue weighted by Gasteiger charge is -2.12. The standard InChI is InChI=1S/C13H14FN3O3S/c1-8-12(4-3-5-16-8)17-21(18,19)9-6-10(14)13(20-2)11(15)7-9/h3-7,17H,15H2,1-2H3. The van der Waals surface area contributed by atoms with Crippen LogP contribution in [0.25, 0.3) is 0 Å². The highest BCUT2D eigenvalue weighted by Gasteiger charge is 2.20. The quantitative estimate of drug-likeness (QED) is 0.841. The van der Waals surface area contributed by atoms with Gasteiger partial charge in [0.2, 0.25) is 0 Å². The lowest BCUT2D eigenvalue weighted by molar-refractivity contribution is 0.388. The third kappa shape index (κ3) is 3.05. The fraction of sp³-hybridized carbons (Fsp3) is 0.154. The van der Waals surface area contributed by atoms with Crippen molar-refractivity contribution < 1.29 is 17.5 Å². The third-order valence-corrected chi connectivity index (χ3v) is 4.16. The van der Waals surface area contributed by atoms with Gasteiger partial charge in [-0.25, -0.2) is 12.8 Å². The van der Waals surface area contributed by atoms with E-state index in [9.17, 15) is 12.8 Å². The number of hydrogen-bond donors (Lipinski definition) is 2. The Bertz CT molecular complexity index is 755. The van der Waals surface area contributed by atoms with Gasteiger partial charge < -0.3 is 10.5 Å². The molecule has 0 unspecified atom stereocenters. The van der Waals surface area contributed by atoms with Gasteiger partial charge in [0.1, 0.15) is 0 Å². The van der Waals surface area contributed by atoms with Crippen LogP contribution < -0.4 is 15.2 Å². The molecule has 0 spiro atoms. The normalized spacial score (nSPS) is 11.2. The van der Waals surface area contributed by atoms with Crippen molar-refractivity contribution in [2.24, 2.45) is 0 Å². The molecule has 6 nitrogen and oxygen atoms in total. The zero-order valence-electron chi connectivity index (χ0n) is 11.4. The number of methoxy groups -OCH3 is 1. The summed E-state index contributed by atoms with van der Waals surface area (Å²) < 4.78 is 45.4. The van der Waals surface area contributed by atoms with E-state index in [-0.39, 0.29) is 16.3 Å². The summed E-state index contributed by atoms with van der Waals surface area (Å²) in [4.78, 5) is 3.68. The molecule has 0 radical (unpaired) electrons. The summed E-state index contributed by atoms with van der Waals surface area (Å²) in [6, 6.07) is 5.14. The largest absolute Gasteiger partial charge is 0.492 e. The van der Waals surface area contributed by atoms with Crippen LogP contribution in [0.15, 0.2) is 35.4 Å². The molecule has 0 aliphatic rings. The van der Waals surface area contributed by atoms with Crippen LogP contribution in [0.5, 0.6) is 5.75 Å². The van der Waals surface area contributed by atoms with Crippen LogP contribution in [-0.4, -0.2) is 20.5 Å². The number of benzene rings is 1. The first-order valence-corrected chi connectivity index (χ1v) is 7.41. The number of nitrogens with zero attached hydrogens (tertiary/aromatic N) is 1. The molecule has 0 saturated carbocycles. The fourth-order valence-electron chi connectivity index (χ4n) is 1.76. The second-order valence-electron chi connectivity index (χ2n) is 4.27. The number of hydrogen-bond acceptors (Lipinski definition) is 5. The van der Waals surface area contributed by atoms with Crippen molar-refractivity contribution in [3.63, 3.8) is 0 Å². The summed E-state index contributed by atoms with van der Waals surface area (Å²) in [5.41, 5.74) is 6.30. The predicted octanol–water partition coefficient (Wildman–Crippen LogP) is 1.92. The number of rotatable bonds is 4. The van der Waals surface area contributed by atoms with Crippen LogP contribution in [0.1, 0.15) is 5.69 Å². The Balaban J connectivity index is 2.43. The van der Waals surface area contributed by atoms with E-state index >= 15 is 0 Å². The van der Waals surface area contributed by atoms with Crippen molar-refractivity contribution in [1.82, 2.24) is 4.98 Å². The lowest BCUT2D eigenvalue weighted by atomic mass is 10.3. The number of aryl methyl sites for hydroxylation is 1. The van der Waals surface area contributed by atoms with E-state index in [1.807, 2.05) is 0 Å². The van der Waals surface area contributed by atoms with Gasteiger partial charge in [-0.3, -0.25) is 9.71 Å². The summed E-state index contributed by atoms with van der Waals surface area (Å²) in [5, 5.41) is 0. The monoisotopic (exact) mass is 311 g/mol. The Morgan fingerprint density at radius 3 is 2.67 bits per heavy atom. The van der Waals surface area contributed by atoms with Crippen LogP contribution in [-0.2, 0) is 10.0 Å². The number of anilines is 2. The number of nitrogens with two attached hydrogens (primary N) is 1. The van der Waals surface area contributed by atoms with Gasteiger partial charge in [-0.1, -0.05) is 0 Å². The van der Waals surface area contributed by atoms with Crippen molar-refractivity contribution in [2.45, 2.75) is 11.8 Å². The molecule has 0 amide bonds. The molecule has 0 aliphatic heterocycles. The second-order valence-corrected chi connectivity index (χ2v) is 5.95. The highest BCUT2D eigenvalue weighted by Crippen LogP contribution is 2.29. The van der Waals surface area contributed by atoms with Crippen molar-refractivity contribution in [2.75, 3.05) is 17.6 Å². The Morgan fingerprint density at radius 1 is 1.38 bits per heavy atom. The lowest BCUT2D eigenvalue weighted by Crippen LogP contribution is -2.15. The molecule has 8 heteroatoms. The van der Waals surface area contributed by atoms with E-state index in [2.05, 4.69) is 9.71 Å². The van der Waals surface area contributed by atoms with Gasteiger partial charge in [0.15, 0.2) is 11.6 Å². The number of aromatic nitrogens is 1. The van der Waals surface area contributed by atoms with E-state index in [1.54, 1.807) is 19.1 Å². The van der Waals surface area contributed by atoms with E-state index in [4.69, 9.17) is 10.5 Å². The molecule has 0 fully saturated rings. The maximum absolute atomic E-state index is 13.8. The molecule has 3 N–H and O–H groups in total. The highest BCUT2D eigenvalue weighted by atomic mass is 32.2. The minimum atomic E-state index is -3.97. The summed E-state index contributed by atoms with van der Waals surface area (Å²) in [6.45, 7) is 1.65. The molecule has 2 aromatic rings. The first kappa shape index (κ1) is 15.0. The Hall–Kier alpha value is -2.35. The van der Waals surface area contributed by atoms with Crippen molar-refractivity contribution in [1.29, 1.82) is 0 Å². The van der Waals surface area contributed by atoms with Gasteiger partial charge in [-0.2, -0.15) is 0 Å². The summed E-state index contributed by atoms with van der Waals surface area (Å²) in [5.74, 6) is -1.03. The minimum Gasteiger partial charge on any atom is -0.492 e. The SMILES string of the molecule is COc1c(N)cc(S(=O)(=O)Nc2cccnc2C)cc1F. The van der Waals surface area contributed by atoms with Crippen LogP contribution in [0.2, 0.25) is 0 Å². The molecule has 112 valence electrons. The topological polar surface area (TPSA) is 94.3 Å². The summed E-state index contributed by atoms with van der Waals surface area (Å²) in [6.07, 6.45) is 1.54. The average Bonchev–Trinajstić information content (AvgIpc) is 2.41. The van der Waals surface area contributed by atoms with Crippen LogP contribution in [0, 0.1) is 12.7 Å². The van der Waals surface area contributed by atoms with E-state index in [1.165, 1.54) is 13.3 Å². The van der Waals surface area contributed by atoms with Crippen LogP contribution in [0.4, 0.5) is 15.8 Å². The third-order valence-electron chi connectivity index (χ3n) is 2.81. The summed E-state index contributed by atoms with van der Waals surface area (Å²) >= 11 is 0. The van der Waals surface area contributed by atoms with Gasteiger partial charge in [-0.15, -0.1) is 0 Å². The molecule has 0 saturated heterocycles. The average molecular weight is 311 g/mol. The number of pyridine rings is 1. The van der Waals surface area contributed by atoms with E-state index in [0.717, 1.165) is 12.1 Å². The molecular weight excluding hydrogens is 297 g/mol. The first-order chi connectivity index (χ1) is 9.85. The zero-order valence-corrected chi connectivity index (χ0v) is 12.2. The van der Waals surface area contributed by atoms with Crippen molar-refractivity contribution >= 4 is 21.4 Å². The van der Waals surface area contributed by atoms with E-state index < -0.39 is 15.8 Å². The van der Waals surface area contributed by atoms with Gasteiger partial charge in [0, 0.05) is 6.20 Å².